The predicted octanol–water partition coefficient (Wildman–Crippen LogP) is 3.40. The molecule has 0 spiro atoms. The van der Waals surface area contributed by atoms with Crippen molar-refractivity contribution in [3.8, 4) is 0 Å². The number of rotatable bonds is 1. The lowest BCUT2D eigenvalue weighted by atomic mass is 9.80. The summed E-state index contributed by atoms with van der Waals surface area (Å²) in [4.78, 5) is 0. The lowest BCUT2D eigenvalue weighted by Crippen LogP contribution is -2.08. The molecule has 1 heteroatoms. The molecule has 0 aromatic heterocycles. The second-order valence-electron chi connectivity index (χ2n) is 3.64. The highest BCUT2D eigenvalue weighted by Gasteiger charge is 2.19. The van der Waals surface area contributed by atoms with E-state index in [1.165, 1.54) is 24.8 Å². The molecule has 0 N–H and O–H groups in total. The molecular formula is C11H13F. The van der Waals surface area contributed by atoms with Gasteiger partial charge in [0.1, 0.15) is 5.82 Å². The lowest BCUT2D eigenvalue weighted by molar-refractivity contribution is 0.418. The van der Waals surface area contributed by atoms with Gasteiger partial charge in [0.25, 0.3) is 0 Å². The second kappa shape index (κ2) is 2.89. The molecule has 64 valence electrons. The lowest BCUT2D eigenvalue weighted by Gasteiger charge is -2.25. The highest BCUT2D eigenvalue weighted by atomic mass is 19.1. The molecule has 0 nitrogen and oxygen atoms in total. The van der Waals surface area contributed by atoms with Gasteiger partial charge in [-0.2, -0.15) is 0 Å². The van der Waals surface area contributed by atoms with Gasteiger partial charge in [0.2, 0.25) is 0 Å². The third-order valence-electron chi connectivity index (χ3n) is 2.77. The zero-order valence-corrected chi connectivity index (χ0v) is 7.31. The van der Waals surface area contributed by atoms with Crippen molar-refractivity contribution in [2.24, 2.45) is 0 Å². The van der Waals surface area contributed by atoms with Gasteiger partial charge in [-0.3, -0.25) is 0 Å². The molecule has 0 atom stereocenters. The minimum absolute atomic E-state index is 0.0561. The second-order valence-corrected chi connectivity index (χ2v) is 3.64. The molecule has 12 heavy (non-hydrogen) atoms. The number of hydrogen-bond donors (Lipinski definition) is 0. The van der Waals surface area contributed by atoms with Crippen LogP contribution in [0.4, 0.5) is 4.39 Å². The molecule has 0 saturated heterocycles. The summed E-state index contributed by atoms with van der Waals surface area (Å²) in [7, 11) is 0. The molecule has 1 aliphatic rings. The van der Waals surface area contributed by atoms with Gasteiger partial charge < -0.3 is 0 Å². The summed E-state index contributed by atoms with van der Waals surface area (Å²) in [6.45, 7) is 1.81. The normalized spacial score (nSPS) is 17.5. The van der Waals surface area contributed by atoms with Crippen LogP contribution in [0.5, 0.6) is 0 Å². The number of benzene rings is 1. The van der Waals surface area contributed by atoms with Gasteiger partial charge in [0.15, 0.2) is 0 Å². The van der Waals surface area contributed by atoms with Gasteiger partial charge in [-0.15, -0.1) is 0 Å². The fourth-order valence-corrected chi connectivity index (χ4v) is 1.60. The molecule has 1 saturated carbocycles. The van der Waals surface area contributed by atoms with E-state index in [4.69, 9.17) is 0 Å². The Bertz CT molecular complexity index is 287. The van der Waals surface area contributed by atoms with Gasteiger partial charge >= 0.3 is 0 Å². The van der Waals surface area contributed by atoms with Crippen LogP contribution in [-0.4, -0.2) is 0 Å². The first-order chi connectivity index (χ1) is 5.77. The van der Waals surface area contributed by atoms with Crippen molar-refractivity contribution in [2.45, 2.75) is 32.1 Å². The van der Waals surface area contributed by atoms with E-state index >= 15 is 0 Å². The Kier molecular flexibility index (Phi) is 1.87. The van der Waals surface area contributed by atoms with Crippen LogP contribution in [0.1, 0.15) is 36.3 Å². The Hall–Kier alpha value is -0.850. The minimum Gasteiger partial charge on any atom is -0.207 e. The van der Waals surface area contributed by atoms with E-state index in [2.05, 4.69) is 6.07 Å². The average Bonchev–Trinajstić information content (AvgIpc) is 1.93. The number of hydrogen-bond acceptors (Lipinski definition) is 0. The maximum Gasteiger partial charge on any atom is 0.126 e. The summed E-state index contributed by atoms with van der Waals surface area (Å²) >= 11 is 0. The molecule has 0 aliphatic heterocycles. The molecule has 1 aromatic rings. The van der Waals surface area contributed by atoms with Crippen LogP contribution in [-0.2, 0) is 0 Å². The third-order valence-corrected chi connectivity index (χ3v) is 2.77. The van der Waals surface area contributed by atoms with Crippen molar-refractivity contribution in [3.63, 3.8) is 0 Å². The van der Waals surface area contributed by atoms with Gasteiger partial charge in [-0.05, 0) is 42.9 Å². The molecule has 1 fully saturated rings. The van der Waals surface area contributed by atoms with E-state index in [9.17, 15) is 4.39 Å². The SMILES string of the molecule is Cc1ccc(C2CCC2)cc1F. The molecule has 0 radical (unpaired) electrons. The fourth-order valence-electron chi connectivity index (χ4n) is 1.60. The molecule has 2 rings (SSSR count). The minimum atomic E-state index is -0.0561. The van der Waals surface area contributed by atoms with Crippen molar-refractivity contribution in [3.05, 3.63) is 35.1 Å². The van der Waals surface area contributed by atoms with Crippen LogP contribution in [0.25, 0.3) is 0 Å². The average molecular weight is 164 g/mol. The third kappa shape index (κ3) is 1.24. The van der Waals surface area contributed by atoms with Crippen LogP contribution in [0.2, 0.25) is 0 Å². The topological polar surface area (TPSA) is 0 Å². The van der Waals surface area contributed by atoms with Crippen LogP contribution in [0, 0.1) is 12.7 Å². The summed E-state index contributed by atoms with van der Waals surface area (Å²) < 4.78 is 13.1. The Morgan fingerprint density at radius 2 is 2.08 bits per heavy atom. The van der Waals surface area contributed by atoms with Crippen molar-refractivity contribution < 1.29 is 4.39 Å². The Morgan fingerprint density at radius 3 is 2.58 bits per heavy atom. The first-order valence-electron chi connectivity index (χ1n) is 4.53. The van der Waals surface area contributed by atoms with E-state index < -0.39 is 0 Å². The Balaban J connectivity index is 2.27. The number of aryl methyl sites for hydroxylation is 1. The van der Waals surface area contributed by atoms with Crippen molar-refractivity contribution in [1.82, 2.24) is 0 Å². The van der Waals surface area contributed by atoms with E-state index in [1.54, 1.807) is 13.0 Å². The van der Waals surface area contributed by atoms with Crippen molar-refractivity contribution in [1.29, 1.82) is 0 Å². The smallest absolute Gasteiger partial charge is 0.126 e. The first kappa shape index (κ1) is 7.78. The van der Waals surface area contributed by atoms with E-state index in [0.717, 1.165) is 5.56 Å². The summed E-state index contributed by atoms with van der Waals surface area (Å²) in [5.41, 5.74) is 1.93. The zero-order chi connectivity index (χ0) is 8.55. The molecular weight excluding hydrogens is 151 g/mol. The van der Waals surface area contributed by atoms with E-state index in [1.807, 2.05) is 6.07 Å². The van der Waals surface area contributed by atoms with Crippen LogP contribution in [0.3, 0.4) is 0 Å². The Labute approximate surface area is 72.4 Å². The molecule has 1 aromatic carbocycles. The van der Waals surface area contributed by atoms with Gasteiger partial charge in [0, 0.05) is 0 Å². The molecule has 0 heterocycles. The van der Waals surface area contributed by atoms with Crippen LogP contribution in [0.15, 0.2) is 18.2 Å². The molecule has 1 aliphatic carbocycles. The highest BCUT2D eigenvalue weighted by Crippen LogP contribution is 2.36. The zero-order valence-electron chi connectivity index (χ0n) is 7.31. The standard InChI is InChI=1S/C11H13F/c1-8-5-6-10(7-11(8)12)9-3-2-4-9/h5-7,9H,2-4H2,1H3. The maximum atomic E-state index is 13.1. The van der Waals surface area contributed by atoms with Gasteiger partial charge in [-0.25, -0.2) is 4.39 Å². The monoisotopic (exact) mass is 164 g/mol. The number of halogens is 1. The molecule has 0 bridgehead atoms. The quantitative estimate of drug-likeness (QED) is 0.596. The van der Waals surface area contributed by atoms with E-state index in [-0.39, 0.29) is 5.82 Å². The van der Waals surface area contributed by atoms with Gasteiger partial charge in [-0.1, -0.05) is 18.6 Å². The van der Waals surface area contributed by atoms with Crippen molar-refractivity contribution >= 4 is 0 Å². The predicted molar refractivity (Wildman–Crippen MR) is 47.7 cm³/mol. The first-order valence-corrected chi connectivity index (χ1v) is 4.53. The maximum absolute atomic E-state index is 13.1. The largest absolute Gasteiger partial charge is 0.207 e. The van der Waals surface area contributed by atoms with Crippen LogP contribution < -0.4 is 0 Å². The summed E-state index contributed by atoms with van der Waals surface area (Å²) in [5, 5.41) is 0. The van der Waals surface area contributed by atoms with Gasteiger partial charge in [0.05, 0.1) is 0 Å². The summed E-state index contributed by atoms with van der Waals surface area (Å²) in [6.07, 6.45) is 3.78. The van der Waals surface area contributed by atoms with Crippen LogP contribution >= 0.6 is 0 Å². The van der Waals surface area contributed by atoms with E-state index in [0.29, 0.717) is 5.92 Å². The van der Waals surface area contributed by atoms with Crippen molar-refractivity contribution in [2.75, 3.05) is 0 Å². The fraction of sp³-hybridized carbons (Fsp3) is 0.455. The molecule has 0 unspecified atom stereocenters. The summed E-state index contributed by atoms with van der Waals surface area (Å²) in [5.74, 6) is 0.583. The molecule has 0 amide bonds. The Morgan fingerprint density at radius 1 is 1.33 bits per heavy atom. The highest BCUT2D eigenvalue weighted by molar-refractivity contribution is 5.27. The summed E-state index contributed by atoms with van der Waals surface area (Å²) in [6, 6.07) is 5.63.